The van der Waals surface area contributed by atoms with E-state index < -0.39 is 12.0 Å². The molecule has 0 aliphatic rings. The molecule has 3 aromatic rings. The number of alkyl halides is 3. The van der Waals surface area contributed by atoms with Crippen molar-refractivity contribution >= 4 is 30.0 Å². The molecule has 0 unspecified atom stereocenters. The summed E-state index contributed by atoms with van der Waals surface area (Å²) in [6.45, 7) is 0.267. The van der Waals surface area contributed by atoms with Crippen LogP contribution in [0.15, 0.2) is 47.6 Å². The van der Waals surface area contributed by atoms with Gasteiger partial charge in [0.1, 0.15) is 6.61 Å². The fourth-order valence-electron chi connectivity index (χ4n) is 2.38. The van der Waals surface area contributed by atoms with Gasteiger partial charge in [0.15, 0.2) is 11.5 Å². The van der Waals surface area contributed by atoms with Crippen LogP contribution in [0.1, 0.15) is 17.0 Å². The summed E-state index contributed by atoms with van der Waals surface area (Å²) in [4.78, 5) is 0. The van der Waals surface area contributed by atoms with Crippen molar-refractivity contribution in [3.8, 4) is 11.5 Å². The topological polar surface area (TPSA) is 64.4 Å². The van der Waals surface area contributed by atoms with Gasteiger partial charge in [0, 0.05) is 5.02 Å². The molecule has 0 fully saturated rings. The number of rotatable bonds is 6. The maximum absolute atomic E-state index is 12.9. The first-order valence-corrected chi connectivity index (χ1v) is 8.91. The molecular formula is C18H14ClF3N4O2S. The Morgan fingerprint density at radius 1 is 1.24 bits per heavy atom. The average Bonchev–Trinajstić information content (AvgIpc) is 3.06. The Morgan fingerprint density at radius 2 is 2.03 bits per heavy atom. The second kappa shape index (κ2) is 8.66. The summed E-state index contributed by atoms with van der Waals surface area (Å²) in [5, 5.41) is 9.61. The summed E-state index contributed by atoms with van der Waals surface area (Å²) in [6, 6.07) is 12.0. The first-order valence-electron chi connectivity index (χ1n) is 8.12. The van der Waals surface area contributed by atoms with Crippen LogP contribution in [-0.4, -0.2) is 28.2 Å². The molecule has 0 spiro atoms. The highest BCUT2D eigenvalue weighted by Crippen LogP contribution is 2.29. The van der Waals surface area contributed by atoms with Crippen molar-refractivity contribution in [3.05, 3.63) is 69.2 Å². The number of nitrogens with one attached hydrogen (secondary N) is 1. The molecule has 0 aliphatic carbocycles. The van der Waals surface area contributed by atoms with E-state index in [0.717, 1.165) is 5.56 Å². The quantitative estimate of drug-likeness (QED) is 0.427. The fraction of sp³-hybridized carbons (Fsp3) is 0.167. The van der Waals surface area contributed by atoms with E-state index in [1.165, 1.54) is 13.3 Å². The molecular weight excluding hydrogens is 429 g/mol. The minimum Gasteiger partial charge on any atom is -0.493 e. The van der Waals surface area contributed by atoms with Gasteiger partial charge >= 0.3 is 6.18 Å². The number of H-pyrrole nitrogens is 1. The number of nitrogens with zero attached hydrogens (tertiary/aromatic N) is 3. The third kappa shape index (κ3) is 5.15. The van der Waals surface area contributed by atoms with Crippen LogP contribution in [0.4, 0.5) is 13.2 Å². The van der Waals surface area contributed by atoms with Crippen molar-refractivity contribution in [2.45, 2.75) is 12.8 Å². The number of hydrogen-bond donors (Lipinski definition) is 1. The van der Waals surface area contributed by atoms with Crippen LogP contribution in [-0.2, 0) is 12.8 Å². The number of methoxy groups -OCH3 is 1. The van der Waals surface area contributed by atoms with Gasteiger partial charge in [-0.25, -0.2) is 5.10 Å². The second-order valence-corrected chi connectivity index (χ2v) is 6.56. The molecule has 29 heavy (non-hydrogen) atoms. The summed E-state index contributed by atoms with van der Waals surface area (Å²) < 4.78 is 50.1. The zero-order valence-corrected chi connectivity index (χ0v) is 16.5. The van der Waals surface area contributed by atoms with Gasteiger partial charge in [0.25, 0.3) is 5.82 Å². The van der Waals surface area contributed by atoms with E-state index in [-0.39, 0.29) is 11.4 Å². The highest BCUT2D eigenvalue weighted by molar-refractivity contribution is 7.71. The van der Waals surface area contributed by atoms with E-state index in [1.54, 1.807) is 30.3 Å². The number of benzene rings is 2. The molecule has 0 amide bonds. The highest BCUT2D eigenvalue weighted by Gasteiger charge is 2.37. The molecule has 152 valence electrons. The van der Waals surface area contributed by atoms with E-state index in [1.807, 2.05) is 12.1 Å². The van der Waals surface area contributed by atoms with E-state index in [4.69, 9.17) is 33.3 Å². The number of aromatic amines is 1. The van der Waals surface area contributed by atoms with Crippen molar-refractivity contribution in [2.75, 3.05) is 7.11 Å². The lowest BCUT2D eigenvalue weighted by Crippen LogP contribution is -2.12. The smallest absolute Gasteiger partial charge is 0.453 e. The van der Waals surface area contributed by atoms with Crippen LogP contribution >= 0.6 is 23.8 Å². The fourth-order valence-corrected chi connectivity index (χ4v) is 2.77. The van der Waals surface area contributed by atoms with Crippen molar-refractivity contribution in [1.82, 2.24) is 14.9 Å². The predicted octanol–water partition coefficient (Wildman–Crippen LogP) is 5.08. The Kier molecular flexibility index (Phi) is 6.23. The van der Waals surface area contributed by atoms with Crippen molar-refractivity contribution < 1.29 is 22.6 Å². The Bertz CT molecular complexity index is 1100. The van der Waals surface area contributed by atoms with Crippen molar-refractivity contribution in [3.63, 3.8) is 0 Å². The van der Waals surface area contributed by atoms with Crippen LogP contribution in [0.2, 0.25) is 5.02 Å². The molecule has 0 saturated heterocycles. The van der Waals surface area contributed by atoms with Gasteiger partial charge in [-0.05, 0) is 53.7 Å². The molecule has 1 heterocycles. The monoisotopic (exact) mass is 442 g/mol. The maximum atomic E-state index is 12.9. The van der Waals surface area contributed by atoms with E-state index in [9.17, 15) is 13.2 Å². The standard InChI is InChI=1S/C18H14ClF3N4O2S/c1-27-15-8-11(9-23-26-16(18(20,21)22)24-25-17(26)29)5-6-14(15)28-10-12-3-2-4-13(19)7-12/h2-9H,10H2,1H3,(H,25,29)/b23-9-. The number of hydrogen-bond acceptors (Lipinski definition) is 5. The average molecular weight is 443 g/mol. The van der Waals surface area contributed by atoms with Crippen molar-refractivity contribution in [2.24, 2.45) is 5.10 Å². The molecule has 11 heteroatoms. The Balaban J connectivity index is 1.80. The lowest BCUT2D eigenvalue weighted by atomic mass is 10.2. The van der Waals surface area contributed by atoms with Crippen LogP contribution < -0.4 is 9.47 Å². The maximum Gasteiger partial charge on any atom is 0.453 e. The van der Waals surface area contributed by atoms with Gasteiger partial charge < -0.3 is 9.47 Å². The zero-order chi connectivity index (χ0) is 21.0. The second-order valence-electron chi connectivity index (χ2n) is 5.74. The van der Waals surface area contributed by atoms with Gasteiger partial charge in [-0.15, -0.1) is 5.10 Å². The summed E-state index contributed by atoms with van der Waals surface area (Å²) in [7, 11) is 1.45. The minimum absolute atomic E-state index is 0.267. The van der Waals surface area contributed by atoms with Crippen LogP contribution in [0.5, 0.6) is 11.5 Å². The number of aromatic nitrogens is 3. The van der Waals surface area contributed by atoms with Gasteiger partial charge in [-0.3, -0.25) is 0 Å². The van der Waals surface area contributed by atoms with Gasteiger partial charge in [0.2, 0.25) is 4.77 Å². The summed E-state index contributed by atoms with van der Waals surface area (Å²) in [5.74, 6) is -0.393. The highest BCUT2D eigenvalue weighted by atomic mass is 35.5. The van der Waals surface area contributed by atoms with Crippen LogP contribution in [0.25, 0.3) is 0 Å². The molecule has 1 N–H and O–H groups in total. The van der Waals surface area contributed by atoms with E-state index >= 15 is 0 Å². The third-order valence-corrected chi connectivity index (χ3v) is 4.20. The number of halogens is 4. The summed E-state index contributed by atoms with van der Waals surface area (Å²) >= 11 is 10.7. The molecule has 0 saturated carbocycles. The van der Waals surface area contributed by atoms with Crippen LogP contribution in [0, 0.1) is 4.77 Å². The summed E-state index contributed by atoms with van der Waals surface area (Å²) in [6.07, 6.45) is -3.48. The lowest BCUT2D eigenvalue weighted by Gasteiger charge is -2.11. The van der Waals surface area contributed by atoms with Gasteiger partial charge in [-0.1, -0.05) is 23.7 Å². The van der Waals surface area contributed by atoms with Gasteiger partial charge in [-0.2, -0.15) is 22.9 Å². The predicted molar refractivity (Wildman–Crippen MR) is 104 cm³/mol. The zero-order valence-electron chi connectivity index (χ0n) is 14.9. The Hall–Kier alpha value is -2.85. The molecule has 0 atom stereocenters. The molecule has 3 rings (SSSR count). The Morgan fingerprint density at radius 3 is 2.72 bits per heavy atom. The molecule has 0 bridgehead atoms. The van der Waals surface area contributed by atoms with Crippen molar-refractivity contribution in [1.29, 1.82) is 0 Å². The first-order chi connectivity index (χ1) is 13.8. The number of ether oxygens (including phenoxy) is 2. The third-order valence-electron chi connectivity index (χ3n) is 3.70. The SMILES string of the molecule is COc1cc(/C=N\n2c(C(F)(F)F)n[nH]c2=S)ccc1OCc1cccc(Cl)c1. The normalized spacial score (nSPS) is 11.8. The molecule has 0 aliphatic heterocycles. The molecule has 1 aromatic heterocycles. The molecule has 6 nitrogen and oxygen atoms in total. The Labute approximate surface area is 173 Å². The summed E-state index contributed by atoms with van der Waals surface area (Å²) in [5.41, 5.74) is 1.35. The van der Waals surface area contributed by atoms with E-state index in [0.29, 0.717) is 26.8 Å². The minimum atomic E-state index is -4.69. The van der Waals surface area contributed by atoms with Gasteiger partial charge in [0.05, 0.1) is 13.3 Å². The largest absolute Gasteiger partial charge is 0.493 e. The van der Waals surface area contributed by atoms with E-state index in [2.05, 4.69) is 15.3 Å². The lowest BCUT2D eigenvalue weighted by molar-refractivity contribution is -0.147. The molecule has 0 radical (unpaired) electrons. The molecule has 2 aromatic carbocycles. The first kappa shape index (κ1) is 20.9. The van der Waals surface area contributed by atoms with Crippen LogP contribution in [0.3, 0.4) is 0 Å².